The van der Waals surface area contributed by atoms with E-state index in [1.807, 2.05) is 42.5 Å². The summed E-state index contributed by atoms with van der Waals surface area (Å²) in [6, 6.07) is 18.5. The lowest BCUT2D eigenvalue weighted by molar-refractivity contribution is 0.610. The van der Waals surface area contributed by atoms with Gasteiger partial charge in [-0.1, -0.05) is 30.3 Å². The average Bonchev–Trinajstić information content (AvgIpc) is 2.70. The summed E-state index contributed by atoms with van der Waals surface area (Å²) in [7, 11) is 0. The van der Waals surface area contributed by atoms with Crippen LogP contribution in [0.15, 0.2) is 73.1 Å². The molecule has 0 aliphatic carbocycles. The van der Waals surface area contributed by atoms with E-state index in [1.165, 1.54) is 6.07 Å². The number of fused-ring (bicyclic) bond motifs is 1. The quantitative estimate of drug-likeness (QED) is 0.580. The van der Waals surface area contributed by atoms with E-state index in [9.17, 15) is 4.39 Å². The molecule has 2 heterocycles. The third kappa shape index (κ3) is 3.37. The van der Waals surface area contributed by atoms with Gasteiger partial charge in [0, 0.05) is 29.9 Å². The normalized spacial score (nSPS) is 10.8. The zero-order valence-electron chi connectivity index (χ0n) is 14.1. The van der Waals surface area contributed by atoms with Gasteiger partial charge in [0.1, 0.15) is 11.6 Å². The van der Waals surface area contributed by atoms with Crippen molar-refractivity contribution in [2.24, 2.45) is 0 Å². The lowest BCUT2D eigenvalue weighted by atomic mass is 10.1. The number of benzene rings is 2. The van der Waals surface area contributed by atoms with Gasteiger partial charge in [-0.15, -0.1) is 0 Å². The van der Waals surface area contributed by atoms with Crippen molar-refractivity contribution in [3.63, 3.8) is 0 Å². The number of hydrogen-bond donors (Lipinski definition) is 1. The monoisotopic (exact) mass is 344 g/mol. The van der Waals surface area contributed by atoms with Crippen LogP contribution in [0.25, 0.3) is 22.3 Å². The molecule has 0 spiro atoms. The number of nitrogens with one attached hydrogen (secondary N) is 1. The van der Waals surface area contributed by atoms with Crippen LogP contribution >= 0.6 is 0 Å². The topological polar surface area (TPSA) is 50.7 Å². The van der Waals surface area contributed by atoms with E-state index in [2.05, 4.69) is 20.3 Å². The highest BCUT2D eigenvalue weighted by molar-refractivity contribution is 5.90. The molecule has 4 aromatic rings. The van der Waals surface area contributed by atoms with Crippen molar-refractivity contribution < 1.29 is 4.39 Å². The van der Waals surface area contributed by atoms with E-state index in [1.54, 1.807) is 24.5 Å². The average molecular weight is 344 g/mol. The van der Waals surface area contributed by atoms with Crippen LogP contribution in [0.3, 0.4) is 0 Å². The number of pyridine rings is 1. The van der Waals surface area contributed by atoms with Crippen molar-refractivity contribution in [2.45, 2.75) is 6.42 Å². The molecule has 26 heavy (non-hydrogen) atoms. The first-order chi connectivity index (χ1) is 12.8. The third-order valence-electron chi connectivity index (χ3n) is 4.17. The van der Waals surface area contributed by atoms with Gasteiger partial charge in [0.05, 0.1) is 5.52 Å². The molecule has 5 heteroatoms. The Balaban J connectivity index is 1.64. The van der Waals surface area contributed by atoms with Gasteiger partial charge >= 0.3 is 0 Å². The minimum Gasteiger partial charge on any atom is -0.369 e. The summed E-state index contributed by atoms with van der Waals surface area (Å²) in [6.45, 7) is 0.578. The van der Waals surface area contributed by atoms with Crippen molar-refractivity contribution in [1.29, 1.82) is 0 Å². The number of anilines is 1. The maximum atomic E-state index is 13.8. The Morgan fingerprint density at radius 2 is 1.73 bits per heavy atom. The molecule has 2 aromatic carbocycles. The number of halogens is 1. The van der Waals surface area contributed by atoms with Gasteiger partial charge in [-0.05, 0) is 42.3 Å². The fourth-order valence-electron chi connectivity index (χ4n) is 2.85. The van der Waals surface area contributed by atoms with Gasteiger partial charge in [0.2, 0.25) is 0 Å². The summed E-state index contributed by atoms with van der Waals surface area (Å²) in [5.74, 6) is 1.17. The lowest BCUT2D eigenvalue weighted by Gasteiger charge is -2.11. The van der Waals surface area contributed by atoms with Gasteiger partial charge in [0.25, 0.3) is 0 Å². The predicted octanol–water partition coefficient (Wildman–Crippen LogP) is 4.49. The predicted molar refractivity (Wildman–Crippen MR) is 101 cm³/mol. The summed E-state index contributed by atoms with van der Waals surface area (Å²) in [4.78, 5) is 13.4. The van der Waals surface area contributed by atoms with Gasteiger partial charge in [-0.25, -0.2) is 14.4 Å². The minimum absolute atomic E-state index is 0.183. The van der Waals surface area contributed by atoms with Gasteiger partial charge in [-0.3, -0.25) is 4.98 Å². The van der Waals surface area contributed by atoms with Gasteiger partial charge in [0.15, 0.2) is 5.82 Å². The van der Waals surface area contributed by atoms with Crippen molar-refractivity contribution in [3.8, 4) is 11.4 Å². The summed E-state index contributed by atoms with van der Waals surface area (Å²) >= 11 is 0. The van der Waals surface area contributed by atoms with Crippen molar-refractivity contribution in [3.05, 3.63) is 84.4 Å². The van der Waals surface area contributed by atoms with Crippen LogP contribution in [0, 0.1) is 5.82 Å². The number of rotatable bonds is 5. The number of aromatic nitrogens is 3. The van der Waals surface area contributed by atoms with Crippen LogP contribution in [0.4, 0.5) is 10.2 Å². The second kappa shape index (κ2) is 7.27. The van der Waals surface area contributed by atoms with Gasteiger partial charge in [-0.2, -0.15) is 0 Å². The van der Waals surface area contributed by atoms with Crippen LogP contribution in [0.5, 0.6) is 0 Å². The maximum Gasteiger partial charge on any atom is 0.163 e. The Morgan fingerprint density at radius 3 is 2.58 bits per heavy atom. The fourth-order valence-corrected chi connectivity index (χ4v) is 2.85. The molecule has 0 aliphatic rings. The third-order valence-corrected chi connectivity index (χ3v) is 4.17. The first-order valence-corrected chi connectivity index (χ1v) is 8.46. The molecule has 0 bridgehead atoms. The molecule has 4 rings (SSSR count). The molecule has 0 radical (unpaired) electrons. The molecule has 4 nitrogen and oxygen atoms in total. The zero-order chi connectivity index (χ0) is 17.8. The summed E-state index contributed by atoms with van der Waals surface area (Å²) in [5.41, 5.74) is 2.40. The second-order valence-corrected chi connectivity index (χ2v) is 5.92. The Morgan fingerprint density at radius 1 is 0.885 bits per heavy atom. The molecule has 2 aromatic heterocycles. The van der Waals surface area contributed by atoms with Crippen LogP contribution in [-0.4, -0.2) is 21.5 Å². The highest BCUT2D eigenvalue weighted by atomic mass is 19.1. The highest BCUT2D eigenvalue weighted by Gasteiger charge is 2.09. The van der Waals surface area contributed by atoms with Crippen LogP contribution in [0.2, 0.25) is 0 Å². The molecule has 0 saturated carbocycles. The zero-order valence-corrected chi connectivity index (χ0v) is 14.1. The first kappa shape index (κ1) is 16.1. The van der Waals surface area contributed by atoms with Crippen LogP contribution in [0.1, 0.15) is 5.56 Å². The molecule has 1 N–H and O–H groups in total. The molecule has 0 saturated heterocycles. The van der Waals surface area contributed by atoms with Crippen molar-refractivity contribution >= 4 is 16.7 Å². The molecular formula is C21H17FN4. The van der Waals surface area contributed by atoms with Crippen molar-refractivity contribution in [1.82, 2.24) is 15.0 Å². The molecule has 0 atom stereocenters. The van der Waals surface area contributed by atoms with Crippen LogP contribution in [-0.2, 0) is 6.42 Å². The van der Waals surface area contributed by atoms with E-state index in [0.717, 1.165) is 22.3 Å². The smallest absolute Gasteiger partial charge is 0.163 e. The van der Waals surface area contributed by atoms with Crippen LogP contribution < -0.4 is 5.32 Å². The van der Waals surface area contributed by atoms with E-state index < -0.39 is 0 Å². The largest absolute Gasteiger partial charge is 0.369 e. The fraction of sp³-hybridized carbons (Fsp3) is 0.0952. The number of nitrogens with zero attached hydrogens (tertiary/aromatic N) is 3. The Labute approximate surface area is 150 Å². The SMILES string of the molecule is Fc1ccccc1CCNc1nc(-c2cccnc2)nc2ccccc12. The molecule has 128 valence electrons. The molecule has 0 unspecified atom stereocenters. The van der Waals surface area contributed by atoms with E-state index >= 15 is 0 Å². The van der Waals surface area contributed by atoms with E-state index in [4.69, 9.17) is 0 Å². The van der Waals surface area contributed by atoms with E-state index in [0.29, 0.717) is 24.4 Å². The van der Waals surface area contributed by atoms with Crippen molar-refractivity contribution in [2.75, 3.05) is 11.9 Å². The lowest BCUT2D eigenvalue weighted by Crippen LogP contribution is -2.09. The first-order valence-electron chi connectivity index (χ1n) is 8.46. The molecule has 0 fully saturated rings. The number of para-hydroxylation sites is 1. The molecule has 0 aliphatic heterocycles. The Kier molecular flexibility index (Phi) is 4.51. The highest BCUT2D eigenvalue weighted by Crippen LogP contribution is 2.24. The standard InChI is InChI=1S/C21H17FN4/c22-18-9-3-1-6-15(18)11-13-24-21-17-8-2-4-10-19(17)25-20(26-21)16-7-5-12-23-14-16/h1-10,12,14H,11,13H2,(H,24,25,26). The summed E-state index contributed by atoms with van der Waals surface area (Å²) in [6.07, 6.45) is 4.04. The van der Waals surface area contributed by atoms with E-state index in [-0.39, 0.29) is 5.82 Å². The summed E-state index contributed by atoms with van der Waals surface area (Å²) < 4.78 is 13.8. The Bertz CT molecular complexity index is 1030. The molecular weight excluding hydrogens is 327 g/mol. The minimum atomic E-state index is -0.183. The van der Waals surface area contributed by atoms with Gasteiger partial charge < -0.3 is 5.32 Å². The maximum absolute atomic E-state index is 13.8. The second-order valence-electron chi connectivity index (χ2n) is 5.92. The number of hydrogen-bond acceptors (Lipinski definition) is 4. The molecule has 0 amide bonds. The Hall–Kier alpha value is -3.34. The summed E-state index contributed by atoms with van der Waals surface area (Å²) in [5, 5.41) is 4.27.